The average Bonchev–Trinajstić information content (AvgIpc) is 2.90. The van der Waals surface area contributed by atoms with Crippen LogP contribution >= 0.6 is 0 Å². The van der Waals surface area contributed by atoms with Crippen LogP contribution in [0, 0.1) is 11.3 Å². The van der Waals surface area contributed by atoms with Crippen LogP contribution < -0.4 is 16.2 Å². The standard InChI is InChI=1S/C17H29N3/c1-17(2,3)9-8-14-4-6-15(7-5-14)10-18-11-16-12-19-20-13-16/h4-7,16,18-20H,8-13H2,1-3H3. The fraction of sp³-hybridized carbons (Fsp3) is 0.647. The lowest BCUT2D eigenvalue weighted by molar-refractivity contribution is 0.378. The maximum atomic E-state index is 3.54. The van der Waals surface area contributed by atoms with Crippen molar-refractivity contribution in [2.45, 2.75) is 40.2 Å². The predicted molar refractivity (Wildman–Crippen MR) is 85.4 cm³/mol. The molecule has 1 fully saturated rings. The fourth-order valence-corrected chi connectivity index (χ4v) is 2.41. The highest BCUT2D eigenvalue weighted by molar-refractivity contribution is 5.22. The second-order valence-corrected chi connectivity index (χ2v) is 7.14. The zero-order chi connectivity index (χ0) is 14.4. The van der Waals surface area contributed by atoms with E-state index in [1.165, 1.54) is 24.0 Å². The van der Waals surface area contributed by atoms with E-state index in [4.69, 9.17) is 0 Å². The van der Waals surface area contributed by atoms with Gasteiger partial charge in [-0.1, -0.05) is 45.0 Å². The van der Waals surface area contributed by atoms with Gasteiger partial charge in [0, 0.05) is 26.2 Å². The number of rotatable bonds is 6. The van der Waals surface area contributed by atoms with Crippen LogP contribution in [0.2, 0.25) is 0 Å². The summed E-state index contributed by atoms with van der Waals surface area (Å²) in [4.78, 5) is 0. The van der Waals surface area contributed by atoms with Crippen LogP contribution in [0.3, 0.4) is 0 Å². The second kappa shape index (κ2) is 7.21. The predicted octanol–water partition coefficient (Wildman–Crippen LogP) is 2.48. The zero-order valence-corrected chi connectivity index (χ0v) is 13.1. The Hall–Kier alpha value is -0.900. The summed E-state index contributed by atoms with van der Waals surface area (Å²) in [5.41, 5.74) is 9.58. The third kappa shape index (κ3) is 5.61. The minimum absolute atomic E-state index is 0.420. The molecule has 0 radical (unpaired) electrons. The van der Waals surface area contributed by atoms with E-state index >= 15 is 0 Å². The van der Waals surface area contributed by atoms with Crippen molar-refractivity contribution < 1.29 is 0 Å². The summed E-state index contributed by atoms with van der Waals surface area (Å²) in [7, 11) is 0. The molecule has 0 aliphatic carbocycles. The lowest BCUT2D eigenvalue weighted by Crippen LogP contribution is -2.25. The SMILES string of the molecule is CC(C)(C)CCc1ccc(CNCC2CNNC2)cc1. The van der Waals surface area contributed by atoms with Crippen molar-refractivity contribution in [3.8, 4) is 0 Å². The topological polar surface area (TPSA) is 36.1 Å². The number of hydrogen-bond donors (Lipinski definition) is 3. The third-order valence-corrected chi connectivity index (χ3v) is 3.86. The summed E-state index contributed by atoms with van der Waals surface area (Å²) >= 11 is 0. The lowest BCUT2D eigenvalue weighted by Gasteiger charge is -2.17. The van der Waals surface area contributed by atoms with E-state index in [0.29, 0.717) is 11.3 Å². The van der Waals surface area contributed by atoms with Crippen LogP contribution in [0.1, 0.15) is 38.3 Å². The highest BCUT2D eigenvalue weighted by Crippen LogP contribution is 2.21. The summed E-state index contributed by atoms with van der Waals surface area (Å²) in [5.74, 6) is 0.709. The normalized spacial score (nSPS) is 16.8. The van der Waals surface area contributed by atoms with Crippen LogP contribution in [0.5, 0.6) is 0 Å². The highest BCUT2D eigenvalue weighted by atomic mass is 15.4. The monoisotopic (exact) mass is 275 g/mol. The van der Waals surface area contributed by atoms with Crippen LogP contribution in [0.15, 0.2) is 24.3 Å². The number of benzene rings is 1. The average molecular weight is 275 g/mol. The lowest BCUT2D eigenvalue weighted by atomic mass is 9.88. The van der Waals surface area contributed by atoms with Crippen molar-refractivity contribution >= 4 is 0 Å². The van der Waals surface area contributed by atoms with Gasteiger partial charge >= 0.3 is 0 Å². The van der Waals surface area contributed by atoms with E-state index in [-0.39, 0.29) is 0 Å². The zero-order valence-electron chi connectivity index (χ0n) is 13.1. The van der Waals surface area contributed by atoms with E-state index in [1.807, 2.05) is 0 Å². The minimum atomic E-state index is 0.420. The molecule has 3 N–H and O–H groups in total. The molecule has 1 heterocycles. The molecule has 0 amide bonds. The molecule has 1 aromatic carbocycles. The Balaban J connectivity index is 1.70. The van der Waals surface area contributed by atoms with Gasteiger partial charge in [0.05, 0.1) is 0 Å². The first-order valence-corrected chi connectivity index (χ1v) is 7.77. The van der Waals surface area contributed by atoms with Crippen molar-refractivity contribution in [1.82, 2.24) is 16.2 Å². The molecule has 0 unspecified atom stereocenters. The highest BCUT2D eigenvalue weighted by Gasteiger charge is 2.13. The van der Waals surface area contributed by atoms with Crippen molar-refractivity contribution in [3.63, 3.8) is 0 Å². The molecule has 20 heavy (non-hydrogen) atoms. The number of nitrogens with one attached hydrogen (secondary N) is 3. The van der Waals surface area contributed by atoms with Gasteiger partial charge in [0.25, 0.3) is 0 Å². The van der Waals surface area contributed by atoms with E-state index in [9.17, 15) is 0 Å². The van der Waals surface area contributed by atoms with Gasteiger partial charge < -0.3 is 5.32 Å². The number of aryl methyl sites for hydroxylation is 1. The Labute approximate surface area is 123 Å². The molecule has 1 aliphatic rings. The van der Waals surface area contributed by atoms with E-state index in [0.717, 1.165) is 26.2 Å². The Morgan fingerprint density at radius 1 is 1.05 bits per heavy atom. The van der Waals surface area contributed by atoms with Gasteiger partial charge in [0.1, 0.15) is 0 Å². The van der Waals surface area contributed by atoms with Crippen LogP contribution in [0.4, 0.5) is 0 Å². The van der Waals surface area contributed by atoms with Gasteiger partial charge in [-0.15, -0.1) is 0 Å². The van der Waals surface area contributed by atoms with Gasteiger partial charge in [-0.2, -0.15) is 0 Å². The fourth-order valence-electron chi connectivity index (χ4n) is 2.41. The van der Waals surface area contributed by atoms with Gasteiger partial charge in [0.15, 0.2) is 0 Å². The second-order valence-electron chi connectivity index (χ2n) is 7.14. The largest absolute Gasteiger partial charge is 0.312 e. The smallest absolute Gasteiger partial charge is 0.0205 e. The molecule has 3 nitrogen and oxygen atoms in total. The molecule has 0 spiro atoms. The molecule has 0 saturated carbocycles. The molecule has 0 atom stereocenters. The summed E-state index contributed by atoms with van der Waals surface area (Å²) in [6.45, 7) is 11.1. The Morgan fingerprint density at radius 3 is 2.25 bits per heavy atom. The molecule has 112 valence electrons. The summed E-state index contributed by atoms with van der Waals surface area (Å²) in [6.07, 6.45) is 2.42. The Bertz CT molecular complexity index is 386. The maximum Gasteiger partial charge on any atom is 0.0205 e. The van der Waals surface area contributed by atoms with E-state index in [1.54, 1.807) is 0 Å². The molecule has 0 bridgehead atoms. The molecular weight excluding hydrogens is 246 g/mol. The Kier molecular flexibility index (Phi) is 5.58. The molecule has 1 saturated heterocycles. The molecule has 2 rings (SSSR count). The molecule has 3 heteroatoms. The summed E-state index contributed by atoms with van der Waals surface area (Å²) < 4.78 is 0. The molecular formula is C17H29N3. The Morgan fingerprint density at radius 2 is 1.65 bits per heavy atom. The van der Waals surface area contributed by atoms with Gasteiger partial charge in [-0.05, 0) is 35.3 Å². The first-order chi connectivity index (χ1) is 9.53. The summed E-state index contributed by atoms with van der Waals surface area (Å²) in [6, 6.07) is 9.08. The van der Waals surface area contributed by atoms with Gasteiger partial charge in [-0.3, -0.25) is 10.9 Å². The molecule has 1 aromatic rings. The molecule has 0 aromatic heterocycles. The van der Waals surface area contributed by atoms with Crippen molar-refractivity contribution in [2.75, 3.05) is 19.6 Å². The van der Waals surface area contributed by atoms with Gasteiger partial charge in [-0.25, -0.2) is 0 Å². The van der Waals surface area contributed by atoms with E-state index < -0.39 is 0 Å². The van der Waals surface area contributed by atoms with E-state index in [2.05, 4.69) is 61.2 Å². The van der Waals surface area contributed by atoms with Crippen molar-refractivity contribution in [3.05, 3.63) is 35.4 Å². The van der Waals surface area contributed by atoms with Crippen molar-refractivity contribution in [2.24, 2.45) is 11.3 Å². The first-order valence-electron chi connectivity index (χ1n) is 7.77. The molecule has 1 aliphatic heterocycles. The van der Waals surface area contributed by atoms with Crippen LogP contribution in [-0.2, 0) is 13.0 Å². The quantitative estimate of drug-likeness (QED) is 0.746. The third-order valence-electron chi connectivity index (χ3n) is 3.86. The van der Waals surface area contributed by atoms with Crippen molar-refractivity contribution in [1.29, 1.82) is 0 Å². The minimum Gasteiger partial charge on any atom is -0.312 e. The first kappa shape index (κ1) is 15.5. The maximum absolute atomic E-state index is 3.54. The summed E-state index contributed by atoms with van der Waals surface area (Å²) in [5, 5.41) is 3.54. The van der Waals surface area contributed by atoms with Gasteiger partial charge in [0.2, 0.25) is 0 Å². The number of hydrazine groups is 1. The van der Waals surface area contributed by atoms with Crippen LogP contribution in [-0.4, -0.2) is 19.6 Å². The van der Waals surface area contributed by atoms with Crippen LogP contribution in [0.25, 0.3) is 0 Å². The number of hydrogen-bond acceptors (Lipinski definition) is 3.